The first-order valence-corrected chi connectivity index (χ1v) is 6.98. The molecule has 2 aromatic rings. The van der Waals surface area contributed by atoms with Crippen molar-refractivity contribution in [3.63, 3.8) is 0 Å². The standard InChI is InChI=1S/C15H20N4/c1-11(2)14-17-13-6-4-3-5-12(13)15(18-14)19-9-7-16-8-10-19/h3-6,11,16H,7-10H2,1-2H3. The van der Waals surface area contributed by atoms with Gasteiger partial charge in [0.25, 0.3) is 0 Å². The van der Waals surface area contributed by atoms with E-state index in [2.05, 4.69) is 47.2 Å². The van der Waals surface area contributed by atoms with Crippen molar-refractivity contribution in [3.05, 3.63) is 30.1 Å². The van der Waals surface area contributed by atoms with Crippen LogP contribution < -0.4 is 10.2 Å². The molecule has 0 atom stereocenters. The van der Waals surface area contributed by atoms with Crippen LogP contribution in [0.4, 0.5) is 5.82 Å². The lowest BCUT2D eigenvalue weighted by Gasteiger charge is -2.29. The van der Waals surface area contributed by atoms with E-state index in [4.69, 9.17) is 4.98 Å². The maximum Gasteiger partial charge on any atom is 0.140 e. The molecule has 100 valence electrons. The Kier molecular flexibility index (Phi) is 3.34. The fourth-order valence-corrected chi connectivity index (χ4v) is 2.45. The highest BCUT2D eigenvalue weighted by Gasteiger charge is 2.17. The molecule has 0 saturated carbocycles. The minimum Gasteiger partial charge on any atom is -0.353 e. The molecule has 1 N–H and O–H groups in total. The Morgan fingerprint density at radius 3 is 2.58 bits per heavy atom. The highest BCUT2D eigenvalue weighted by Crippen LogP contribution is 2.26. The van der Waals surface area contributed by atoms with Gasteiger partial charge in [0.2, 0.25) is 0 Å². The lowest BCUT2D eigenvalue weighted by atomic mass is 10.1. The molecule has 1 aromatic carbocycles. The maximum atomic E-state index is 4.81. The number of fused-ring (bicyclic) bond motifs is 1. The van der Waals surface area contributed by atoms with Crippen molar-refractivity contribution >= 4 is 16.7 Å². The molecule has 1 aliphatic heterocycles. The number of para-hydroxylation sites is 1. The molecular formula is C15H20N4. The van der Waals surface area contributed by atoms with E-state index < -0.39 is 0 Å². The lowest BCUT2D eigenvalue weighted by molar-refractivity contribution is 0.584. The number of hydrogen-bond acceptors (Lipinski definition) is 4. The number of piperazine rings is 1. The van der Waals surface area contributed by atoms with Gasteiger partial charge in [-0.1, -0.05) is 26.0 Å². The topological polar surface area (TPSA) is 41.1 Å². The molecular weight excluding hydrogens is 236 g/mol. The number of anilines is 1. The first kappa shape index (κ1) is 12.4. The van der Waals surface area contributed by atoms with Gasteiger partial charge < -0.3 is 10.2 Å². The average Bonchev–Trinajstić information content (AvgIpc) is 2.47. The summed E-state index contributed by atoms with van der Waals surface area (Å²) in [7, 11) is 0. The second kappa shape index (κ2) is 5.13. The van der Waals surface area contributed by atoms with Crippen molar-refractivity contribution in [3.8, 4) is 0 Å². The second-order valence-electron chi connectivity index (χ2n) is 5.31. The van der Waals surface area contributed by atoms with Gasteiger partial charge in [0.1, 0.15) is 11.6 Å². The summed E-state index contributed by atoms with van der Waals surface area (Å²) in [5.41, 5.74) is 1.05. The van der Waals surface area contributed by atoms with Gasteiger partial charge in [-0.25, -0.2) is 9.97 Å². The van der Waals surface area contributed by atoms with E-state index in [-0.39, 0.29) is 0 Å². The predicted octanol–water partition coefficient (Wildman–Crippen LogP) is 2.16. The van der Waals surface area contributed by atoms with Crippen molar-refractivity contribution in [2.45, 2.75) is 19.8 Å². The molecule has 4 nitrogen and oxygen atoms in total. The van der Waals surface area contributed by atoms with Gasteiger partial charge in [-0.2, -0.15) is 0 Å². The van der Waals surface area contributed by atoms with Crippen LogP contribution in [-0.4, -0.2) is 36.1 Å². The zero-order valence-corrected chi connectivity index (χ0v) is 11.6. The molecule has 2 heterocycles. The largest absolute Gasteiger partial charge is 0.353 e. The Labute approximate surface area is 113 Å². The predicted molar refractivity (Wildman–Crippen MR) is 78.7 cm³/mol. The molecule has 19 heavy (non-hydrogen) atoms. The highest BCUT2D eigenvalue weighted by atomic mass is 15.2. The molecule has 0 spiro atoms. The molecule has 0 radical (unpaired) electrons. The second-order valence-corrected chi connectivity index (χ2v) is 5.31. The van der Waals surface area contributed by atoms with Crippen LogP contribution in [0.5, 0.6) is 0 Å². The van der Waals surface area contributed by atoms with Crippen molar-refractivity contribution in [2.75, 3.05) is 31.1 Å². The van der Waals surface area contributed by atoms with Crippen LogP contribution in [0.3, 0.4) is 0 Å². The van der Waals surface area contributed by atoms with Crippen molar-refractivity contribution in [1.82, 2.24) is 15.3 Å². The van der Waals surface area contributed by atoms with Gasteiger partial charge in [0, 0.05) is 37.5 Å². The zero-order valence-electron chi connectivity index (χ0n) is 11.6. The number of aromatic nitrogens is 2. The molecule has 1 saturated heterocycles. The van der Waals surface area contributed by atoms with Crippen molar-refractivity contribution in [1.29, 1.82) is 0 Å². The average molecular weight is 256 g/mol. The molecule has 4 heteroatoms. The maximum absolute atomic E-state index is 4.81. The van der Waals surface area contributed by atoms with Crippen LogP contribution in [0.15, 0.2) is 24.3 Å². The quantitative estimate of drug-likeness (QED) is 0.894. The monoisotopic (exact) mass is 256 g/mol. The third-order valence-corrected chi connectivity index (χ3v) is 3.53. The van der Waals surface area contributed by atoms with Crippen molar-refractivity contribution < 1.29 is 0 Å². The summed E-state index contributed by atoms with van der Waals surface area (Å²) in [6.45, 7) is 8.36. The van der Waals surface area contributed by atoms with E-state index in [0.29, 0.717) is 5.92 Å². The number of hydrogen-bond donors (Lipinski definition) is 1. The Hall–Kier alpha value is -1.68. The van der Waals surface area contributed by atoms with Gasteiger partial charge in [-0.15, -0.1) is 0 Å². The molecule has 0 bridgehead atoms. The fraction of sp³-hybridized carbons (Fsp3) is 0.467. The molecule has 0 aliphatic carbocycles. The Morgan fingerprint density at radius 1 is 1.11 bits per heavy atom. The summed E-state index contributed by atoms with van der Waals surface area (Å²) in [5, 5.41) is 4.55. The number of benzene rings is 1. The van der Waals surface area contributed by atoms with Crippen molar-refractivity contribution in [2.24, 2.45) is 0 Å². The molecule has 1 fully saturated rings. The smallest absolute Gasteiger partial charge is 0.140 e. The van der Waals surface area contributed by atoms with Gasteiger partial charge in [0.05, 0.1) is 5.52 Å². The summed E-state index contributed by atoms with van der Waals surface area (Å²) in [4.78, 5) is 11.9. The number of rotatable bonds is 2. The lowest BCUT2D eigenvalue weighted by Crippen LogP contribution is -2.44. The first-order valence-electron chi connectivity index (χ1n) is 6.98. The summed E-state index contributed by atoms with van der Waals surface area (Å²) >= 11 is 0. The van der Waals surface area contributed by atoms with Crippen LogP contribution in [0, 0.1) is 0 Å². The van der Waals surface area contributed by atoms with E-state index in [9.17, 15) is 0 Å². The summed E-state index contributed by atoms with van der Waals surface area (Å²) in [5.74, 6) is 2.38. The molecule has 0 unspecified atom stereocenters. The van der Waals surface area contributed by atoms with E-state index >= 15 is 0 Å². The normalized spacial score (nSPS) is 16.3. The van der Waals surface area contributed by atoms with Gasteiger partial charge >= 0.3 is 0 Å². The van der Waals surface area contributed by atoms with Gasteiger partial charge in [-0.05, 0) is 12.1 Å². The van der Waals surface area contributed by atoms with Crippen LogP contribution in [0.1, 0.15) is 25.6 Å². The van der Waals surface area contributed by atoms with Crippen LogP contribution >= 0.6 is 0 Å². The van der Waals surface area contributed by atoms with Crippen LogP contribution in [-0.2, 0) is 0 Å². The minimum atomic E-state index is 0.353. The van der Waals surface area contributed by atoms with E-state index in [0.717, 1.165) is 48.7 Å². The Bertz CT molecular complexity index is 573. The van der Waals surface area contributed by atoms with Crippen LogP contribution in [0.2, 0.25) is 0 Å². The Balaban J connectivity index is 2.14. The minimum absolute atomic E-state index is 0.353. The Morgan fingerprint density at radius 2 is 1.84 bits per heavy atom. The number of nitrogens with zero attached hydrogens (tertiary/aromatic N) is 3. The SMILES string of the molecule is CC(C)c1nc(N2CCNCC2)c2ccccc2n1. The fourth-order valence-electron chi connectivity index (χ4n) is 2.45. The van der Waals surface area contributed by atoms with E-state index in [1.165, 1.54) is 0 Å². The van der Waals surface area contributed by atoms with E-state index in [1.807, 2.05) is 6.07 Å². The zero-order chi connectivity index (χ0) is 13.2. The summed E-state index contributed by atoms with van der Waals surface area (Å²) in [6.07, 6.45) is 0. The molecule has 1 aromatic heterocycles. The molecule has 0 amide bonds. The third kappa shape index (κ3) is 2.40. The molecule has 1 aliphatic rings. The van der Waals surface area contributed by atoms with Crippen LogP contribution in [0.25, 0.3) is 10.9 Å². The van der Waals surface area contributed by atoms with Gasteiger partial charge in [0.15, 0.2) is 0 Å². The number of nitrogens with one attached hydrogen (secondary N) is 1. The van der Waals surface area contributed by atoms with E-state index in [1.54, 1.807) is 0 Å². The summed E-state index contributed by atoms with van der Waals surface area (Å²) in [6, 6.07) is 8.30. The summed E-state index contributed by atoms with van der Waals surface area (Å²) < 4.78 is 0. The first-order chi connectivity index (χ1) is 9.25. The highest BCUT2D eigenvalue weighted by molar-refractivity contribution is 5.89. The van der Waals surface area contributed by atoms with Gasteiger partial charge in [-0.3, -0.25) is 0 Å². The molecule has 3 rings (SSSR count). The third-order valence-electron chi connectivity index (χ3n) is 3.53.